The van der Waals surface area contributed by atoms with Crippen LogP contribution in [0.1, 0.15) is 13.8 Å². The Morgan fingerprint density at radius 1 is 0.788 bits per heavy atom. The summed E-state index contributed by atoms with van der Waals surface area (Å²) in [4.78, 5) is 41.1. The molecule has 5 rings (SSSR count). The van der Waals surface area contributed by atoms with E-state index >= 15 is 0 Å². The van der Waals surface area contributed by atoms with Crippen LogP contribution in [0, 0.1) is 11.8 Å². The van der Waals surface area contributed by atoms with Crippen molar-refractivity contribution < 1.29 is 24.4 Å². The number of hydrogen-bond acceptors (Lipinski definition) is 8. The first-order valence-electron chi connectivity index (χ1n) is 11.4. The summed E-state index contributed by atoms with van der Waals surface area (Å²) in [5.41, 5.74) is 1.19. The molecule has 33 heavy (non-hydrogen) atoms. The second-order valence-electron chi connectivity index (χ2n) is 8.48. The third-order valence-electron chi connectivity index (χ3n) is 6.59. The van der Waals surface area contributed by atoms with Gasteiger partial charge in [0.15, 0.2) is 0 Å². The largest absolute Gasteiger partial charge is 0.508 e. The minimum absolute atomic E-state index is 0.137. The molecular weight excluding hydrogens is 424 g/mol. The average Bonchev–Trinajstić information content (AvgIpc) is 3.37. The van der Waals surface area contributed by atoms with Crippen LogP contribution >= 0.6 is 0 Å². The number of anilines is 2. The van der Waals surface area contributed by atoms with E-state index in [2.05, 4.69) is 10.6 Å². The number of nitrogens with zero attached hydrogens (tertiary/aromatic N) is 2. The molecule has 3 aliphatic rings. The van der Waals surface area contributed by atoms with Crippen molar-refractivity contribution >= 4 is 23.2 Å². The number of likely N-dealkylation sites (N-methyl/N-ethyl adjacent to an activating group) is 2. The molecule has 3 N–H and O–H groups in total. The van der Waals surface area contributed by atoms with Gasteiger partial charge in [-0.1, -0.05) is 32.0 Å². The molecule has 174 valence electrons. The van der Waals surface area contributed by atoms with Crippen LogP contribution in [-0.2, 0) is 19.3 Å². The SMILES string of the molecule is CCNC1C2ON(c3ccc(O)cc3)OC2C(NCC)C2C(=O)N(c3ccccc3)C(=O)C12. The Morgan fingerprint density at radius 2 is 1.30 bits per heavy atom. The summed E-state index contributed by atoms with van der Waals surface area (Å²) < 4.78 is 0. The van der Waals surface area contributed by atoms with E-state index in [9.17, 15) is 14.7 Å². The van der Waals surface area contributed by atoms with Gasteiger partial charge < -0.3 is 15.7 Å². The minimum Gasteiger partial charge on any atom is -0.508 e. The fraction of sp³-hybridized carbons (Fsp3) is 0.417. The Morgan fingerprint density at radius 3 is 1.79 bits per heavy atom. The number of para-hydroxylation sites is 1. The Labute approximate surface area is 192 Å². The van der Waals surface area contributed by atoms with Gasteiger partial charge in [0.25, 0.3) is 0 Å². The number of fused-ring (bicyclic) bond motifs is 2. The number of phenols is 1. The number of hydrogen-bond donors (Lipinski definition) is 3. The second kappa shape index (κ2) is 8.75. The summed E-state index contributed by atoms with van der Waals surface area (Å²) in [5.74, 6) is -1.50. The van der Waals surface area contributed by atoms with E-state index in [0.29, 0.717) is 24.5 Å². The normalized spacial score (nSPS) is 31.1. The average molecular weight is 453 g/mol. The Kier molecular flexibility index (Phi) is 5.79. The van der Waals surface area contributed by atoms with Crippen molar-refractivity contribution in [2.24, 2.45) is 11.8 Å². The molecule has 0 aromatic heterocycles. The van der Waals surface area contributed by atoms with Gasteiger partial charge in [0, 0.05) is 0 Å². The van der Waals surface area contributed by atoms with E-state index in [1.807, 2.05) is 32.0 Å². The maximum absolute atomic E-state index is 13.7. The molecule has 2 heterocycles. The summed E-state index contributed by atoms with van der Waals surface area (Å²) >= 11 is 0. The lowest BCUT2D eigenvalue weighted by molar-refractivity contribution is -0.128. The lowest BCUT2D eigenvalue weighted by Crippen LogP contribution is -2.66. The molecule has 9 nitrogen and oxygen atoms in total. The number of rotatable bonds is 6. The smallest absolute Gasteiger partial charge is 0.239 e. The molecule has 1 aliphatic carbocycles. The van der Waals surface area contributed by atoms with Crippen molar-refractivity contribution in [3.63, 3.8) is 0 Å². The monoisotopic (exact) mass is 452 g/mol. The van der Waals surface area contributed by atoms with Gasteiger partial charge in [0.1, 0.15) is 18.0 Å². The van der Waals surface area contributed by atoms with Crippen molar-refractivity contribution in [2.75, 3.05) is 23.2 Å². The Hall–Kier alpha value is -2.98. The lowest BCUT2D eigenvalue weighted by atomic mass is 9.71. The molecule has 3 fully saturated rings. The molecule has 2 aliphatic heterocycles. The van der Waals surface area contributed by atoms with E-state index in [1.54, 1.807) is 36.4 Å². The van der Waals surface area contributed by atoms with Gasteiger partial charge in [-0.25, -0.2) is 14.6 Å². The van der Waals surface area contributed by atoms with E-state index in [4.69, 9.17) is 9.68 Å². The highest BCUT2D eigenvalue weighted by Crippen LogP contribution is 2.45. The number of carbonyl (C=O) groups is 2. The zero-order chi connectivity index (χ0) is 23.1. The van der Waals surface area contributed by atoms with Gasteiger partial charge in [-0.15, -0.1) is 5.23 Å². The van der Waals surface area contributed by atoms with Crippen LogP contribution in [0.4, 0.5) is 11.4 Å². The van der Waals surface area contributed by atoms with E-state index in [0.717, 1.165) is 0 Å². The van der Waals surface area contributed by atoms with Crippen LogP contribution in [0.25, 0.3) is 0 Å². The van der Waals surface area contributed by atoms with E-state index < -0.39 is 36.1 Å². The first-order valence-corrected chi connectivity index (χ1v) is 11.4. The van der Waals surface area contributed by atoms with Gasteiger partial charge in [0.05, 0.1) is 35.3 Å². The number of imide groups is 1. The summed E-state index contributed by atoms with van der Waals surface area (Å²) in [6, 6.07) is 14.7. The lowest BCUT2D eigenvalue weighted by Gasteiger charge is -2.42. The van der Waals surface area contributed by atoms with Crippen LogP contribution < -0.4 is 20.8 Å². The zero-order valence-electron chi connectivity index (χ0n) is 18.5. The summed E-state index contributed by atoms with van der Waals surface area (Å²) in [6.45, 7) is 5.14. The number of carbonyl (C=O) groups excluding carboxylic acids is 2. The molecule has 0 bridgehead atoms. The van der Waals surface area contributed by atoms with Gasteiger partial charge in [-0.2, -0.15) is 0 Å². The molecule has 6 unspecified atom stereocenters. The fourth-order valence-electron chi connectivity index (χ4n) is 5.27. The van der Waals surface area contributed by atoms with Gasteiger partial charge >= 0.3 is 0 Å². The summed E-state index contributed by atoms with van der Waals surface area (Å²) in [5, 5.41) is 17.7. The van der Waals surface area contributed by atoms with E-state index in [1.165, 1.54) is 10.1 Å². The minimum atomic E-state index is -0.591. The summed E-state index contributed by atoms with van der Waals surface area (Å²) in [7, 11) is 0. The quantitative estimate of drug-likeness (QED) is 0.568. The van der Waals surface area contributed by atoms with Crippen molar-refractivity contribution in [1.82, 2.24) is 10.6 Å². The topological polar surface area (TPSA) is 103 Å². The predicted octanol–water partition coefficient (Wildman–Crippen LogP) is 1.59. The highest BCUT2D eigenvalue weighted by molar-refractivity contribution is 6.22. The van der Waals surface area contributed by atoms with Crippen molar-refractivity contribution in [1.29, 1.82) is 0 Å². The first kappa shape index (κ1) is 21.8. The molecule has 2 aromatic rings. The van der Waals surface area contributed by atoms with Crippen LogP contribution in [0.5, 0.6) is 5.75 Å². The number of phenolic OH excluding ortho intramolecular Hbond substituents is 1. The third-order valence-corrected chi connectivity index (χ3v) is 6.59. The maximum Gasteiger partial charge on any atom is 0.239 e. The predicted molar refractivity (Wildman–Crippen MR) is 121 cm³/mol. The van der Waals surface area contributed by atoms with Gasteiger partial charge in [-0.3, -0.25) is 9.59 Å². The maximum atomic E-state index is 13.7. The molecule has 2 aromatic carbocycles. The van der Waals surface area contributed by atoms with Crippen molar-refractivity contribution in [3.05, 3.63) is 54.6 Å². The zero-order valence-corrected chi connectivity index (χ0v) is 18.5. The van der Waals surface area contributed by atoms with E-state index in [-0.39, 0.29) is 17.6 Å². The second-order valence-corrected chi connectivity index (χ2v) is 8.48. The third kappa shape index (κ3) is 3.57. The molecule has 9 heteroatoms. The Bertz CT molecular complexity index is 977. The molecule has 2 amide bonds. The molecule has 2 saturated heterocycles. The summed E-state index contributed by atoms with van der Waals surface area (Å²) in [6.07, 6.45) is -0.979. The Balaban J connectivity index is 1.52. The van der Waals surface area contributed by atoms with Crippen LogP contribution in [0.2, 0.25) is 0 Å². The molecule has 6 atom stereocenters. The molecule has 1 saturated carbocycles. The highest BCUT2D eigenvalue weighted by atomic mass is 17.0. The fourth-order valence-corrected chi connectivity index (χ4v) is 5.27. The highest BCUT2D eigenvalue weighted by Gasteiger charge is 2.65. The van der Waals surface area contributed by atoms with Gasteiger partial charge in [0.2, 0.25) is 11.8 Å². The van der Waals surface area contributed by atoms with Crippen LogP contribution in [-0.4, -0.2) is 54.3 Å². The standard InChI is InChI=1S/C24H28N4O5/c1-3-25-19-17-18(24(31)27(23(17)30)14-8-6-5-7-9-14)20(26-4-2)22-21(19)32-28(33-22)15-10-12-16(29)13-11-15/h5-13,17-22,25-26,29H,3-4H2,1-2H3. The van der Waals surface area contributed by atoms with Crippen molar-refractivity contribution in [3.8, 4) is 5.75 Å². The van der Waals surface area contributed by atoms with Crippen LogP contribution in [0.3, 0.4) is 0 Å². The number of amides is 2. The first-order chi connectivity index (χ1) is 16.0. The number of nitrogens with one attached hydrogen (secondary N) is 2. The number of benzene rings is 2. The molecule has 0 radical (unpaired) electrons. The van der Waals surface area contributed by atoms with Crippen molar-refractivity contribution in [2.45, 2.75) is 38.1 Å². The molecular formula is C24H28N4O5. The van der Waals surface area contributed by atoms with Gasteiger partial charge in [-0.05, 0) is 49.5 Å². The van der Waals surface area contributed by atoms with Crippen LogP contribution in [0.15, 0.2) is 54.6 Å². The molecule has 0 spiro atoms. The number of aromatic hydroxyl groups is 1.